The molecule has 3 heterocycles. The minimum Gasteiger partial charge on any atom is -0.389 e. The van der Waals surface area contributed by atoms with E-state index in [0.717, 1.165) is 64.1 Å². The van der Waals surface area contributed by atoms with Crippen LogP contribution in [0.2, 0.25) is 0 Å². The lowest BCUT2D eigenvalue weighted by Crippen LogP contribution is -2.54. The second-order valence-electron chi connectivity index (χ2n) is 7.67. The zero-order valence-electron chi connectivity index (χ0n) is 14.4. The van der Waals surface area contributed by atoms with Crippen LogP contribution in [0.15, 0.2) is 12.4 Å². The SMILES string of the molecule is CN1CCN(c2cnn(C3CN(CC4(O)CCCCC4)C3)c2)C1=O. The number of carbonyl (C=O) groups excluding carboxylic acids is 1. The van der Waals surface area contributed by atoms with E-state index in [4.69, 9.17) is 0 Å². The predicted octanol–water partition coefficient (Wildman–Crippen LogP) is 1.31. The van der Waals surface area contributed by atoms with Crippen LogP contribution in [0.5, 0.6) is 0 Å². The fourth-order valence-electron chi connectivity index (χ4n) is 4.18. The maximum Gasteiger partial charge on any atom is 0.324 e. The normalized spacial score (nSPS) is 25.3. The summed E-state index contributed by atoms with van der Waals surface area (Å²) >= 11 is 0. The number of hydrogen-bond donors (Lipinski definition) is 1. The molecule has 4 rings (SSSR count). The average molecular weight is 333 g/mol. The molecule has 7 nitrogen and oxygen atoms in total. The average Bonchev–Trinajstić information content (AvgIpc) is 3.11. The van der Waals surface area contributed by atoms with E-state index >= 15 is 0 Å². The Hall–Kier alpha value is -1.60. The number of β-amino-alcohol motifs (C(OH)–C–C–N with tert-alkyl or cyclic N) is 1. The minimum absolute atomic E-state index is 0.0457. The maximum atomic E-state index is 12.1. The number of anilines is 1. The number of likely N-dealkylation sites (tertiary alicyclic amines) is 1. The van der Waals surface area contributed by atoms with Gasteiger partial charge in [0.05, 0.1) is 23.5 Å². The standard InChI is InChI=1S/C17H27N5O2/c1-19-7-8-21(16(19)23)14-9-18-22(12-14)15-10-20(11-15)13-17(24)5-3-2-4-6-17/h9,12,15,24H,2-8,10-11,13H2,1H3. The van der Waals surface area contributed by atoms with Gasteiger partial charge in [0, 0.05) is 46.0 Å². The van der Waals surface area contributed by atoms with Crippen molar-refractivity contribution < 1.29 is 9.90 Å². The lowest BCUT2D eigenvalue weighted by Gasteiger charge is -2.44. The Morgan fingerprint density at radius 3 is 2.67 bits per heavy atom. The number of carbonyl (C=O) groups is 1. The van der Waals surface area contributed by atoms with Gasteiger partial charge >= 0.3 is 6.03 Å². The summed E-state index contributed by atoms with van der Waals surface area (Å²) in [5.74, 6) is 0. The first-order valence-electron chi connectivity index (χ1n) is 9.06. The third kappa shape index (κ3) is 2.91. The molecule has 1 aliphatic carbocycles. The van der Waals surface area contributed by atoms with Gasteiger partial charge < -0.3 is 10.0 Å². The Morgan fingerprint density at radius 2 is 2.00 bits per heavy atom. The second kappa shape index (κ2) is 6.04. The molecule has 2 saturated heterocycles. The lowest BCUT2D eigenvalue weighted by atomic mass is 9.84. The minimum atomic E-state index is -0.481. The largest absolute Gasteiger partial charge is 0.389 e. The summed E-state index contributed by atoms with van der Waals surface area (Å²) in [4.78, 5) is 17.9. The van der Waals surface area contributed by atoms with Crippen molar-refractivity contribution in [2.45, 2.75) is 43.7 Å². The molecule has 3 aliphatic rings. The molecule has 0 aromatic carbocycles. The molecule has 0 unspecified atom stereocenters. The summed E-state index contributed by atoms with van der Waals surface area (Å²) in [6, 6.07) is 0.394. The highest BCUT2D eigenvalue weighted by Crippen LogP contribution is 2.32. The van der Waals surface area contributed by atoms with Crippen LogP contribution in [-0.4, -0.2) is 76.1 Å². The summed E-state index contributed by atoms with van der Waals surface area (Å²) in [5.41, 5.74) is 0.402. The van der Waals surface area contributed by atoms with Crippen molar-refractivity contribution in [2.24, 2.45) is 0 Å². The summed E-state index contributed by atoms with van der Waals surface area (Å²) in [6.07, 6.45) is 9.19. The van der Waals surface area contributed by atoms with Gasteiger partial charge in [-0.25, -0.2) is 4.79 Å². The van der Waals surface area contributed by atoms with E-state index in [0.29, 0.717) is 6.04 Å². The molecule has 1 saturated carbocycles. The predicted molar refractivity (Wildman–Crippen MR) is 91.1 cm³/mol. The molecule has 1 N–H and O–H groups in total. The van der Waals surface area contributed by atoms with Gasteiger partial charge in [-0.3, -0.25) is 14.5 Å². The molecule has 0 bridgehead atoms. The van der Waals surface area contributed by atoms with Crippen LogP contribution in [0.3, 0.4) is 0 Å². The van der Waals surface area contributed by atoms with Crippen LogP contribution in [0, 0.1) is 0 Å². The fourth-order valence-corrected chi connectivity index (χ4v) is 4.18. The van der Waals surface area contributed by atoms with Crippen LogP contribution in [0.1, 0.15) is 38.1 Å². The Balaban J connectivity index is 1.32. The number of likely N-dealkylation sites (N-methyl/N-ethyl adjacent to an activating group) is 1. The van der Waals surface area contributed by atoms with Crippen molar-refractivity contribution in [3.8, 4) is 0 Å². The van der Waals surface area contributed by atoms with Crippen LogP contribution < -0.4 is 4.90 Å². The van der Waals surface area contributed by atoms with Gasteiger partial charge in [0.25, 0.3) is 0 Å². The third-order valence-electron chi connectivity index (χ3n) is 5.73. The zero-order chi connectivity index (χ0) is 16.7. The molecular formula is C17H27N5O2. The van der Waals surface area contributed by atoms with Gasteiger partial charge in [0.1, 0.15) is 0 Å². The smallest absolute Gasteiger partial charge is 0.324 e. The van der Waals surface area contributed by atoms with E-state index in [1.54, 1.807) is 16.0 Å². The van der Waals surface area contributed by atoms with Crippen molar-refractivity contribution in [1.29, 1.82) is 0 Å². The van der Waals surface area contributed by atoms with Crippen LogP contribution >= 0.6 is 0 Å². The Morgan fingerprint density at radius 1 is 1.25 bits per heavy atom. The van der Waals surface area contributed by atoms with Gasteiger partial charge in [-0.05, 0) is 12.8 Å². The highest BCUT2D eigenvalue weighted by molar-refractivity contribution is 5.93. The van der Waals surface area contributed by atoms with Gasteiger partial charge in [-0.2, -0.15) is 5.10 Å². The highest BCUT2D eigenvalue weighted by atomic mass is 16.3. The number of urea groups is 1. The number of amides is 2. The first-order chi connectivity index (χ1) is 11.5. The number of nitrogens with zero attached hydrogens (tertiary/aromatic N) is 5. The summed E-state index contributed by atoms with van der Waals surface area (Å²) in [6.45, 7) is 4.13. The highest BCUT2D eigenvalue weighted by Gasteiger charge is 2.37. The molecule has 7 heteroatoms. The molecular weight excluding hydrogens is 306 g/mol. The number of hydrogen-bond acceptors (Lipinski definition) is 4. The third-order valence-corrected chi connectivity index (χ3v) is 5.73. The van der Waals surface area contributed by atoms with Crippen LogP contribution in [0.4, 0.5) is 10.5 Å². The molecule has 1 aromatic rings. The zero-order valence-corrected chi connectivity index (χ0v) is 14.4. The topological polar surface area (TPSA) is 64.8 Å². The molecule has 2 amide bonds. The lowest BCUT2D eigenvalue weighted by molar-refractivity contribution is -0.0521. The molecule has 1 aromatic heterocycles. The van der Waals surface area contributed by atoms with E-state index in [1.807, 2.05) is 17.9 Å². The number of aliphatic hydroxyl groups is 1. The van der Waals surface area contributed by atoms with Crippen molar-refractivity contribution >= 4 is 11.7 Å². The second-order valence-corrected chi connectivity index (χ2v) is 7.67. The van der Waals surface area contributed by atoms with E-state index in [-0.39, 0.29) is 6.03 Å². The van der Waals surface area contributed by atoms with Crippen molar-refractivity contribution in [2.75, 3.05) is 44.7 Å². The van der Waals surface area contributed by atoms with E-state index in [2.05, 4.69) is 10.00 Å². The van der Waals surface area contributed by atoms with Gasteiger partial charge in [0.15, 0.2) is 0 Å². The Labute approximate surface area is 142 Å². The summed E-state index contributed by atoms with van der Waals surface area (Å²) in [5, 5.41) is 15.1. The molecule has 132 valence electrons. The Kier molecular flexibility index (Phi) is 4.00. The molecule has 3 fully saturated rings. The maximum absolute atomic E-state index is 12.1. The summed E-state index contributed by atoms with van der Waals surface area (Å²) < 4.78 is 1.97. The molecule has 2 aliphatic heterocycles. The molecule has 0 atom stereocenters. The van der Waals surface area contributed by atoms with Gasteiger partial charge in [-0.1, -0.05) is 19.3 Å². The molecule has 0 radical (unpaired) electrons. The van der Waals surface area contributed by atoms with Crippen molar-refractivity contribution in [3.05, 3.63) is 12.4 Å². The van der Waals surface area contributed by atoms with E-state index < -0.39 is 5.60 Å². The summed E-state index contributed by atoms with van der Waals surface area (Å²) in [7, 11) is 1.83. The Bertz CT molecular complexity index is 604. The van der Waals surface area contributed by atoms with E-state index in [1.165, 1.54) is 6.42 Å². The first-order valence-corrected chi connectivity index (χ1v) is 9.06. The molecule has 0 spiro atoms. The van der Waals surface area contributed by atoms with E-state index in [9.17, 15) is 9.90 Å². The van der Waals surface area contributed by atoms with Gasteiger partial charge in [0.2, 0.25) is 0 Å². The van der Waals surface area contributed by atoms with Crippen molar-refractivity contribution in [3.63, 3.8) is 0 Å². The van der Waals surface area contributed by atoms with Crippen LogP contribution in [0.25, 0.3) is 0 Å². The quantitative estimate of drug-likeness (QED) is 0.902. The monoisotopic (exact) mass is 333 g/mol. The van der Waals surface area contributed by atoms with Crippen molar-refractivity contribution in [1.82, 2.24) is 19.6 Å². The first kappa shape index (κ1) is 15.9. The number of aromatic nitrogens is 2. The van der Waals surface area contributed by atoms with Crippen LogP contribution in [-0.2, 0) is 0 Å². The fraction of sp³-hybridized carbons (Fsp3) is 0.765. The number of rotatable bonds is 4. The van der Waals surface area contributed by atoms with Gasteiger partial charge in [-0.15, -0.1) is 0 Å². The molecule has 24 heavy (non-hydrogen) atoms.